The van der Waals surface area contributed by atoms with Gasteiger partial charge < -0.3 is 9.84 Å². The van der Waals surface area contributed by atoms with Gasteiger partial charge in [-0.05, 0) is 31.3 Å². The third kappa shape index (κ3) is 1.46. The molecule has 0 radical (unpaired) electrons. The molecule has 0 spiro atoms. The molecule has 0 aromatic heterocycles. The number of hydrogen-bond donors (Lipinski definition) is 2. The molecule has 3 fully saturated rings. The van der Waals surface area contributed by atoms with Crippen molar-refractivity contribution in [1.82, 2.24) is 0 Å². The summed E-state index contributed by atoms with van der Waals surface area (Å²) in [5.74, 6) is -0.583. The van der Waals surface area contributed by atoms with Gasteiger partial charge in [-0.15, -0.1) is 0 Å². The molecule has 5 nitrogen and oxygen atoms in total. The van der Waals surface area contributed by atoms with Crippen LogP contribution in [0.4, 0.5) is 0 Å². The zero-order valence-corrected chi connectivity index (χ0v) is 11.6. The fourth-order valence-electron chi connectivity index (χ4n) is 4.23. The van der Waals surface area contributed by atoms with Gasteiger partial charge in [0.25, 0.3) is 0 Å². The fraction of sp³-hybridized carbons (Fsp3) is 0.667. The van der Waals surface area contributed by atoms with Crippen molar-refractivity contribution in [3.8, 4) is 0 Å². The molecule has 110 valence electrons. The first-order valence-electron chi connectivity index (χ1n) is 6.94. The molecule has 0 bridgehead atoms. The van der Waals surface area contributed by atoms with Crippen molar-refractivity contribution in [1.29, 1.82) is 0 Å². The van der Waals surface area contributed by atoms with Crippen LogP contribution in [0.5, 0.6) is 0 Å². The number of ether oxygens (including phenoxy) is 1. The van der Waals surface area contributed by atoms with Gasteiger partial charge in [-0.3, -0.25) is 5.26 Å². The van der Waals surface area contributed by atoms with Crippen molar-refractivity contribution in [3.63, 3.8) is 0 Å². The van der Waals surface area contributed by atoms with Crippen LogP contribution >= 0.6 is 0 Å². The van der Waals surface area contributed by atoms with Crippen LogP contribution in [0.2, 0.25) is 0 Å². The van der Waals surface area contributed by atoms with E-state index in [0.717, 1.165) is 5.57 Å². The average molecular weight is 280 g/mol. The Bertz CT molecular complexity index is 498. The Morgan fingerprint density at radius 3 is 2.75 bits per heavy atom. The molecule has 0 aromatic rings. The minimum absolute atomic E-state index is 0.190. The molecule has 1 aliphatic heterocycles. The minimum atomic E-state index is -1.04. The normalized spacial score (nSPS) is 47.8. The van der Waals surface area contributed by atoms with Crippen LogP contribution in [0.15, 0.2) is 24.3 Å². The first kappa shape index (κ1) is 13.8. The Balaban J connectivity index is 2.06. The van der Waals surface area contributed by atoms with Gasteiger partial charge >= 0.3 is 5.97 Å². The summed E-state index contributed by atoms with van der Waals surface area (Å²) in [6, 6.07) is 0. The standard InChI is InChI=1S/C15H20O5/c1-8-4-5-12(16)14(3)7-11-10(6-15(8,14)20-18)9(2)13(17)19-11/h10-12,16,18H,1-2,4-7H2,3H3/t10-,11-,12-,14+,15-/m1/s1. The summed E-state index contributed by atoms with van der Waals surface area (Å²) in [7, 11) is 0. The molecule has 20 heavy (non-hydrogen) atoms. The van der Waals surface area contributed by atoms with Crippen LogP contribution in [-0.2, 0) is 14.4 Å². The van der Waals surface area contributed by atoms with E-state index < -0.39 is 23.1 Å². The third-order valence-corrected chi connectivity index (χ3v) is 5.65. The second kappa shape index (κ2) is 4.16. The number of esters is 1. The van der Waals surface area contributed by atoms with Crippen LogP contribution in [0.3, 0.4) is 0 Å². The maximum atomic E-state index is 11.7. The minimum Gasteiger partial charge on any atom is -0.458 e. The summed E-state index contributed by atoms with van der Waals surface area (Å²) in [4.78, 5) is 16.6. The number of carbonyl (C=O) groups excluding carboxylic acids is 1. The van der Waals surface area contributed by atoms with Crippen molar-refractivity contribution in [3.05, 3.63) is 24.3 Å². The van der Waals surface area contributed by atoms with Gasteiger partial charge in [-0.1, -0.05) is 20.1 Å². The summed E-state index contributed by atoms with van der Waals surface area (Å²) >= 11 is 0. The van der Waals surface area contributed by atoms with E-state index in [-0.39, 0.29) is 12.0 Å². The summed E-state index contributed by atoms with van der Waals surface area (Å²) in [6.07, 6.45) is 1.04. The van der Waals surface area contributed by atoms with Gasteiger partial charge in [0.2, 0.25) is 0 Å². The van der Waals surface area contributed by atoms with Crippen LogP contribution < -0.4 is 0 Å². The lowest BCUT2D eigenvalue weighted by Crippen LogP contribution is -2.63. The van der Waals surface area contributed by atoms with E-state index in [9.17, 15) is 15.2 Å². The van der Waals surface area contributed by atoms with Gasteiger partial charge in [0.05, 0.1) is 6.10 Å². The maximum absolute atomic E-state index is 11.7. The molecule has 2 N–H and O–H groups in total. The second-order valence-electron chi connectivity index (χ2n) is 6.48. The molecular formula is C15H20O5. The molecule has 0 amide bonds. The Kier molecular flexibility index (Phi) is 2.87. The zero-order chi connectivity index (χ0) is 14.7. The van der Waals surface area contributed by atoms with Crippen LogP contribution in [0, 0.1) is 11.3 Å². The molecule has 0 aromatic carbocycles. The van der Waals surface area contributed by atoms with Crippen LogP contribution in [0.25, 0.3) is 0 Å². The quantitative estimate of drug-likeness (QED) is 0.252. The molecule has 5 heteroatoms. The van der Waals surface area contributed by atoms with Crippen molar-refractivity contribution in [2.75, 3.05) is 0 Å². The van der Waals surface area contributed by atoms with E-state index in [1.54, 1.807) is 0 Å². The summed E-state index contributed by atoms with van der Waals surface area (Å²) in [6.45, 7) is 9.68. The predicted molar refractivity (Wildman–Crippen MR) is 70.7 cm³/mol. The lowest BCUT2D eigenvalue weighted by Gasteiger charge is -2.57. The second-order valence-corrected chi connectivity index (χ2v) is 6.48. The highest BCUT2D eigenvalue weighted by Gasteiger charge is 2.65. The Hall–Kier alpha value is -1.17. The van der Waals surface area contributed by atoms with Crippen molar-refractivity contribution < 1.29 is 24.8 Å². The number of carbonyl (C=O) groups is 1. The van der Waals surface area contributed by atoms with Crippen molar-refractivity contribution in [2.24, 2.45) is 11.3 Å². The molecule has 3 rings (SSSR count). The number of aliphatic hydroxyl groups is 1. The predicted octanol–water partition coefficient (Wildman–Crippen LogP) is 1.82. The Morgan fingerprint density at radius 2 is 2.10 bits per heavy atom. The molecule has 2 saturated carbocycles. The maximum Gasteiger partial charge on any atom is 0.334 e. The molecular weight excluding hydrogens is 260 g/mol. The van der Waals surface area contributed by atoms with Crippen molar-refractivity contribution >= 4 is 5.97 Å². The molecule has 1 saturated heterocycles. The Labute approximate surface area is 117 Å². The molecule has 2 aliphatic carbocycles. The van der Waals surface area contributed by atoms with Crippen molar-refractivity contribution in [2.45, 2.75) is 50.4 Å². The smallest absolute Gasteiger partial charge is 0.334 e. The van der Waals surface area contributed by atoms with Gasteiger partial charge in [0, 0.05) is 16.9 Å². The summed E-state index contributed by atoms with van der Waals surface area (Å²) < 4.78 is 5.35. The van der Waals surface area contributed by atoms with Gasteiger partial charge in [0.1, 0.15) is 11.7 Å². The topological polar surface area (TPSA) is 76.0 Å². The first-order valence-corrected chi connectivity index (χ1v) is 6.94. The van der Waals surface area contributed by atoms with E-state index in [1.165, 1.54) is 0 Å². The molecule has 5 atom stereocenters. The molecule has 0 unspecified atom stereocenters. The Morgan fingerprint density at radius 1 is 1.40 bits per heavy atom. The van der Waals surface area contributed by atoms with Gasteiger partial charge in [0.15, 0.2) is 0 Å². The number of hydrogen-bond acceptors (Lipinski definition) is 5. The lowest BCUT2D eigenvalue weighted by molar-refractivity contribution is -0.367. The molecule has 3 aliphatic rings. The van der Waals surface area contributed by atoms with Crippen LogP contribution in [0.1, 0.15) is 32.6 Å². The molecule has 1 heterocycles. The van der Waals surface area contributed by atoms with E-state index >= 15 is 0 Å². The van der Waals surface area contributed by atoms with E-state index in [1.807, 2.05) is 6.92 Å². The van der Waals surface area contributed by atoms with E-state index in [0.29, 0.717) is 31.3 Å². The zero-order valence-electron chi connectivity index (χ0n) is 11.6. The van der Waals surface area contributed by atoms with E-state index in [4.69, 9.17) is 9.62 Å². The highest BCUT2D eigenvalue weighted by molar-refractivity contribution is 5.91. The number of aliphatic hydroxyl groups excluding tert-OH is 1. The first-order chi connectivity index (χ1) is 9.35. The van der Waals surface area contributed by atoms with Crippen LogP contribution in [-0.4, -0.2) is 34.1 Å². The van der Waals surface area contributed by atoms with Gasteiger partial charge in [-0.25, -0.2) is 9.68 Å². The monoisotopic (exact) mass is 280 g/mol. The average Bonchev–Trinajstić information content (AvgIpc) is 2.68. The summed E-state index contributed by atoms with van der Waals surface area (Å²) in [5.41, 5.74) is -0.578. The number of rotatable bonds is 1. The van der Waals surface area contributed by atoms with E-state index in [2.05, 4.69) is 13.2 Å². The third-order valence-electron chi connectivity index (χ3n) is 5.65. The fourth-order valence-corrected chi connectivity index (χ4v) is 4.23. The lowest BCUT2D eigenvalue weighted by atomic mass is 9.51. The highest BCUT2D eigenvalue weighted by Crippen LogP contribution is 2.60. The number of fused-ring (bicyclic) bond motifs is 2. The largest absolute Gasteiger partial charge is 0.458 e. The van der Waals surface area contributed by atoms with Gasteiger partial charge in [-0.2, -0.15) is 0 Å². The highest BCUT2D eigenvalue weighted by atomic mass is 17.1. The summed E-state index contributed by atoms with van der Waals surface area (Å²) in [5, 5.41) is 20.0. The SMILES string of the molecule is C=C1C(=O)O[C@@H]2C[C@@]3(C)[C@H](O)CCC(=C)[C@]3(OO)C[C@H]12.